The van der Waals surface area contributed by atoms with Gasteiger partial charge in [-0.15, -0.1) is 0 Å². The van der Waals surface area contributed by atoms with E-state index in [1.165, 1.54) is 218 Å². The number of esters is 1. The lowest BCUT2D eigenvalue weighted by atomic mass is 10.0. The SMILES string of the molecule is CCCCCCCC/C=C\CCCCCCCCCCCC(=O)OCCCCC/C=C\C=C/CCCCCCCCC(=O)NC(CO)C(O)CCCCCCCCCCCCCCCCCCCC. The standard InChI is InChI=1S/C63H119NO5/c1-3-5-7-9-11-13-15-17-19-21-23-25-29-33-37-41-45-49-53-57-63(68)69-58-54-50-46-42-38-34-30-26-28-32-36-40-44-48-52-56-62(67)64-60(59-65)61(66)55-51-47-43-39-35-31-27-24-22-20-18-16-14-12-10-8-6-4-2/h17,19,26,30,34,38,60-61,65-66H,3-16,18,20-25,27-29,31-33,35-37,39-59H2,1-2H3,(H,64,67)/b19-17-,30-26-,38-34-. The Morgan fingerprint density at radius 2 is 0.725 bits per heavy atom. The van der Waals surface area contributed by atoms with Crippen molar-refractivity contribution in [2.24, 2.45) is 0 Å². The van der Waals surface area contributed by atoms with Gasteiger partial charge >= 0.3 is 5.97 Å². The fraction of sp³-hybridized carbons (Fsp3) is 0.873. The number of carbonyl (C=O) groups excluding carboxylic acids is 2. The minimum absolute atomic E-state index is 0.0217. The molecule has 0 rings (SSSR count). The quantitative estimate of drug-likeness (QED) is 0.0244. The Labute approximate surface area is 430 Å². The van der Waals surface area contributed by atoms with E-state index >= 15 is 0 Å². The molecule has 0 aromatic carbocycles. The van der Waals surface area contributed by atoms with Gasteiger partial charge in [0.2, 0.25) is 5.91 Å². The van der Waals surface area contributed by atoms with Crippen LogP contribution in [0.5, 0.6) is 0 Å². The van der Waals surface area contributed by atoms with Gasteiger partial charge in [-0.1, -0.05) is 269 Å². The van der Waals surface area contributed by atoms with Crippen molar-refractivity contribution >= 4 is 11.9 Å². The summed E-state index contributed by atoms with van der Waals surface area (Å²) in [5.41, 5.74) is 0. The molecule has 0 aliphatic carbocycles. The lowest BCUT2D eigenvalue weighted by molar-refractivity contribution is -0.143. The Morgan fingerprint density at radius 1 is 0.406 bits per heavy atom. The molecule has 0 aromatic heterocycles. The number of hydrogen-bond donors (Lipinski definition) is 3. The molecular formula is C63H119NO5. The van der Waals surface area contributed by atoms with Crippen LogP contribution in [0.2, 0.25) is 0 Å². The summed E-state index contributed by atoms with van der Waals surface area (Å²) in [5.74, 6) is -0.0773. The van der Waals surface area contributed by atoms with Gasteiger partial charge in [-0.2, -0.15) is 0 Å². The molecule has 0 radical (unpaired) electrons. The highest BCUT2D eigenvalue weighted by atomic mass is 16.5. The maximum absolute atomic E-state index is 12.5. The maximum atomic E-state index is 12.5. The zero-order chi connectivity index (χ0) is 50.0. The lowest BCUT2D eigenvalue weighted by Crippen LogP contribution is -2.45. The highest BCUT2D eigenvalue weighted by Crippen LogP contribution is 2.17. The van der Waals surface area contributed by atoms with Crippen molar-refractivity contribution < 1.29 is 24.5 Å². The molecular weight excluding hydrogens is 851 g/mol. The van der Waals surface area contributed by atoms with E-state index in [2.05, 4.69) is 55.6 Å². The first-order chi connectivity index (χ1) is 34.0. The van der Waals surface area contributed by atoms with Gasteiger partial charge in [0.05, 0.1) is 25.4 Å². The van der Waals surface area contributed by atoms with E-state index in [0.29, 0.717) is 25.9 Å². The molecule has 0 aliphatic heterocycles. The van der Waals surface area contributed by atoms with E-state index in [1.54, 1.807) is 0 Å². The number of allylic oxidation sites excluding steroid dienone is 6. The van der Waals surface area contributed by atoms with Crippen LogP contribution in [0.3, 0.4) is 0 Å². The Kier molecular flexibility index (Phi) is 57.0. The van der Waals surface area contributed by atoms with Crippen LogP contribution in [0, 0.1) is 0 Å². The van der Waals surface area contributed by atoms with Gasteiger partial charge in [-0.25, -0.2) is 0 Å². The Hall–Kier alpha value is -1.92. The van der Waals surface area contributed by atoms with Crippen LogP contribution in [-0.4, -0.2) is 47.4 Å². The maximum Gasteiger partial charge on any atom is 0.305 e. The van der Waals surface area contributed by atoms with E-state index in [-0.39, 0.29) is 18.5 Å². The summed E-state index contributed by atoms with van der Waals surface area (Å²) in [7, 11) is 0. The Balaban J connectivity index is 3.50. The van der Waals surface area contributed by atoms with Crippen molar-refractivity contribution in [3.8, 4) is 0 Å². The fourth-order valence-corrected chi connectivity index (χ4v) is 9.45. The summed E-state index contributed by atoms with van der Waals surface area (Å²) >= 11 is 0. The molecule has 0 heterocycles. The number of unbranched alkanes of at least 4 members (excludes halogenated alkanes) is 41. The van der Waals surface area contributed by atoms with Gasteiger partial charge < -0.3 is 20.3 Å². The highest BCUT2D eigenvalue weighted by Gasteiger charge is 2.20. The van der Waals surface area contributed by atoms with Gasteiger partial charge in [0.1, 0.15) is 0 Å². The van der Waals surface area contributed by atoms with Gasteiger partial charge in [0, 0.05) is 12.8 Å². The van der Waals surface area contributed by atoms with Crippen LogP contribution in [0.25, 0.3) is 0 Å². The van der Waals surface area contributed by atoms with Crippen molar-refractivity contribution in [2.75, 3.05) is 13.2 Å². The second kappa shape index (κ2) is 58.6. The Morgan fingerprint density at radius 3 is 1.12 bits per heavy atom. The molecule has 6 heteroatoms. The van der Waals surface area contributed by atoms with E-state index in [1.807, 2.05) is 0 Å². The van der Waals surface area contributed by atoms with Crippen LogP contribution in [-0.2, 0) is 14.3 Å². The molecule has 0 bridgehead atoms. The summed E-state index contributed by atoms with van der Waals surface area (Å²) in [6.45, 7) is 4.91. The number of aliphatic hydroxyl groups is 2. The molecule has 3 N–H and O–H groups in total. The first kappa shape index (κ1) is 67.1. The second-order valence-corrected chi connectivity index (χ2v) is 21.1. The zero-order valence-electron chi connectivity index (χ0n) is 46.3. The molecule has 2 atom stereocenters. The average Bonchev–Trinajstić information content (AvgIpc) is 3.35. The van der Waals surface area contributed by atoms with Crippen molar-refractivity contribution in [1.29, 1.82) is 0 Å². The van der Waals surface area contributed by atoms with Crippen LogP contribution in [0.15, 0.2) is 36.5 Å². The summed E-state index contributed by atoms with van der Waals surface area (Å²) in [5, 5.41) is 23.3. The van der Waals surface area contributed by atoms with Crippen molar-refractivity contribution in [2.45, 2.75) is 341 Å². The predicted molar refractivity (Wildman–Crippen MR) is 301 cm³/mol. The minimum atomic E-state index is -0.680. The molecule has 0 aromatic rings. The molecule has 0 saturated heterocycles. The summed E-state index contributed by atoms with van der Waals surface area (Å²) in [6, 6.07) is -0.559. The molecule has 2 unspecified atom stereocenters. The number of aliphatic hydroxyl groups excluding tert-OH is 2. The molecule has 0 saturated carbocycles. The van der Waals surface area contributed by atoms with Crippen molar-refractivity contribution in [3.63, 3.8) is 0 Å². The Bertz CT molecular complexity index is 1120. The summed E-state index contributed by atoms with van der Waals surface area (Å²) < 4.78 is 5.47. The van der Waals surface area contributed by atoms with Gasteiger partial charge in [-0.3, -0.25) is 9.59 Å². The van der Waals surface area contributed by atoms with Crippen molar-refractivity contribution in [1.82, 2.24) is 5.32 Å². The third kappa shape index (κ3) is 55.2. The number of ether oxygens (including phenoxy) is 1. The largest absolute Gasteiger partial charge is 0.466 e. The molecule has 0 spiro atoms. The third-order valence-electron chi connectivity index (χ3n) is 14.2. The lowest BCUT2D eigenvalue weighted by Gasteiger charge is -2.22. The molecule has 406 valence electrons. The number of rotatable bonds is 57. The van der Waals surface area contributed by atoms with Crippen LogP contribution >= 0.6 is 0 Å². The van der Waals surface area contributed by atoms with Crippen LogP contribution < -0.4 is 5.32 Å². The third-order valence-corrected chi connectivity index (χ3v) is 14.2. The molecule has 0 fully saturated rings. The number of carbonyl (C=O) groups is 2. The zero-order valence-corrected chi connectivity index (χ0v) is 46.3. The van der Waals surface area contributed by atoms with Gasteiger partial charge in [0.15, 0.2) is 0 Å². The predicted octanol–water partition coefficient (Wildman–Crippen LogP) is 19.2. The minimum Gasteiger partial charge on any atom is -0.466 e. The second-order valence-electron chi connectivity index (χ2n) is 21.1. The van der Waals surface area contributed by atoms with Crippen LogP contribution in [0.4, 0.5) is 0 Å². The molecule has 0 aliphatic rings. The first-order valence-corrected chi connectivity index (χ1v) is 30.8. The monoisotopic (exact) mass is 970 g/mol. The first-order valence-electron chi connectivity index (χ1n) is 30.8. The smallest absolute Gasteiger partial charge is 0.305 e. The highest BCUT2D eigenvalue weighted by molar-refractivity contribution is 5.76. The van der Waals surface area contributed by atoms with Crippen molar-refractivity contribution in [3.05, 3.63) is 36.5 Å². The molecule has 1 amide bonds. The van der Waals surface area contributed by atoms with Gasteiger partial charge in [-0.05, 0) is 83.5 Å². The van der Waals surface area contributed by atoms with E-state index in [0.717, 1.165) is 77.0 Å². The van der Waals surface area contributed by atoms with E-state index in [4.69, 9.17) is 4.74 Å². The fourth-order valence-electron chi connectivity index (χ4n) is 9.45. The molecule has 69 heavy (non-hydrogen) atoms. The normalized spacial score (nSPS) is 12.8. The number of hydrogen-bond acceptors (Lipinski definition) is 5. The summed E-state index contributed by atoms with van der Waals surface area (Å²) in [6.07, 6.45) is 72.9. The van der Waals surface area contributed by atoms with E-state index in [9.17, 15) is 19.8 Å². The topological polar surface area (TPSA) is 95.9 Å². The number of nitrogens with one attached hydrogen (secondary N) is 1. The summed E-state index contributed by atoms with van der Waals surface area (Å²) in [4.78, 5) is 24.6. The van der Waals surface area contributed by atoms with E-state index < -0.39 is 12.1 Å². The average molecular weight is 971 g/mol. The number of amides is 1. The molecule has 6 nitrogen and oxygen atoms in total. The van der Waals surface area contributed by atoms with Gasteiger partial charge in [0.25, 0.3) is 0 Å². The van der Waals surface area contributed by atoms with Crippen LogP contribution in [0.1, 0.15) is 328 Å².